The number of halogens is 4. The fourth-order valence-electron chi connectivity index (χ4n) is 1.98. The van der Waals surface area contributed by atoms with Gasteiger partial charge in [-0.2, -0.15) is 18.2 Å². The molecule has 0 aromatic carbocycles. The van der Waals surface area contributed by atoms with Crippen LogP contribution in [0.3, 0.4) is 0 Å². The van der Waals surface area contributed by atoms with E-state index in [9.17, 15) is 13.2 Å². The molecule has 0 N–H and O–H groups in total. The van der Waals surface area contributed by atoms with Gasteiger partial charge >= 0.3 is 12.1 Å². The van der Waals surface area contributed by atoms with E-state index in [-0.39, 0.29) is 22.3 Å². The molecule has 3 aromatic rings. The van der Waals surface area contributed by atoms with Crippen LogP contribution in [0.4, 0.5) is 13.2 Å². The quantitative estimate of drug-likeness (QED) is 0.680. The van der Waals surface area contributed by atoms with Gasteiger partial charge in [-0.15, -0.1) is 0 Å². The Balaban J connectivity index is 1.89. The third kappa shape index (κ3) is 3.71. The van der Waals surface area contributed by atoms with E-state index in [2.05, 4.69) is 24.6 Å². The van der Waals surface area contributed by atoms with Crippen molar-refractivity contribution in [2.24, 2.45) is 0 Å². The maximum absolute atomic E-state index is 12.6. The number of alkyl halides is 3. The molecule has 0 saturated heterocycles. The number of hydrogen-bond acceptors (Lipinski definition) is 6. The number of nitrogens with zero attached hydrogens (tertiary/aromatic N) is 4. The van der Waals surface area contributed by atoms with Crippen LogP contribution >= 0.6 is 11.6 Å². The Hall–Kier alpha value is -2.68. The predicted molar refractivity (Wildman–Crippen MR) is 80.8 cm³/mol. The molecule has 0 fully saturated rings. The van der Waals surface area contributed by atoms with Crippen molar-refractivity contribution >= 4 is 11.6 Å². The molecule has 0 aliphatic heterocycles. The van der Waals surface area contributed by atoms with Crippen LogP contribution in [0, 0.1) is 0 Å². The Bertz CT molecular complexity index is 871. The Labute approximate surface area is 144 Å². The van der Waals surface area contributed by atoms with Gasteiger partial charge in [0.15, 0.2) is 0 Å². The van der Waals surface area contributed by atoms with Crippen LogP contribution in [-0.4, -0.2) is 20.1 Å². The van der Waals surface area contributed by atoms with E-state index >= 15 is 0 Å². The van der Waals surface area contributed by atoms with Crippen LogP contribution in [-0.2, 0) is 6.18 Å². The first-order chi connectivity index (χ1) is 11.9. The van der Waals surface area contributed by atoms with Crippen LogP contribution in [0.15, 0.2) is 41.3 Å². The summed E-state index contributed by atoms with van der Waals surface area (Å²) in [5.41, 5.74) is 0.897. The van der Waals surface area contributed by atoms with Crippen molar-refractivity contribution in [1.82, 2.24) is 20.1 Å². The third-order valence-corrected chi connectivity index (χ3v) is 3.57. The topological polar surface area (TPSA) is 73.9 Å². The molecule has 3 heterocycles. The van der Waals surface area contributed by atoms with Crippen LogP contribution in [0.5, 0.6) is 5.88 Å². The highest BCUT2D eigenvalue weighted by Gasteiger charge is 2.38. The maximum atomic E-state index is 12.6. The molecule has 1 atom stereocenters. The summed E-state index contributed by atoms with van der Waals surface area (Å²) in [7, 11) is 0. The molecule has 0 aliphatic rings. The fraction of sp³-hybridized carbons (Fsp3) is 0.200. The second kappa shape index (κ2) is 6.67. The van der Waals surface area contributed by atoms with E-state index < -0.39 is 18.2 Å². The summed E-state index contributed by atoms with van der Waals surface area (Å²) in [6.45, 7) is 1.76. The van der Waals surface area contributed by atoms with Gasteiger partial charge in [0.1, 0.15) is 11.1 Å². The second-order valence-electron chi connectivity index (χ2n) is 4.94. The van der Waals surface area contributed by atoms with Crippen molar-refractivity contribution in [3.8, 4) is 17.3 Å². The number of rotatable bonds is 4. The molecule has 0 spiro atoms. The number of hydrogen-bond donors (Lipinski definition) is 0. The van der Waals surface area contributed by atoms with Gasteiger partial charge in [-0.25, -0.2) is 4.98 Å². The van der Waals surface area contributed by atoms with Crippen molar-refractivity contribution in [2.75, 3.05) is 0 Å². The zero-order chi connectivity index (χ0) is 18.0. The minimum absolute atomic E-state index is 0.0206. The van der Waals surface area contributed by atoms with Crippen molar-refractivity contribution in [3.63, 3.8) is 0 Å². The normalized spacial score (nSPS) is 12.8. The fourth-order valence-corrected chi connectivity index (χ4v) is 2.22. The third-order valence-electron chi connectivity index (χ3n) is 3.21. The molecule has 3 rings (SSSR count). The van der Waals surface area contributed by atoms with E-state index in [0.29, 0.717) is 0 Å². The highest BCUT2D eigenvalue weighted by atomic mass is 35.5. The van der Waals surface area contributed by atoms with E-state index in [1.54, 1.807) is 25.4 Å². The average Bonchev–Trinajstić information content (AvgIpc) is 3.07. The van der Waals surface area contributed by atoms with Crippen molar-refractivity contribution in [1.29, 1.82) is 0 Å². The van der Waals surface area contributed by atoms with Crippen LogP contribution in [0.25, 0.3) is 11.4 Å². The predicted octanol–water partition coefficient (Wildman–Crippen LogP) is 4.34. The summed E-state index contributed by atoms with van der Waals surface area (Å²) in [5, 5.41) is 3.29. The van der Waals surface area contributed by atoms with Crippen LogP contribution in [0.1, 0.15) is 24.5 Å². The first-order valence-corrected chi connectivity index (χ1v) is 7.36. The summed E-state index contributed by atoms with van der Waals surface area (Å²) in [4.78, 5) is 11.3. The summed E-state index contributed by atoms with van der Waals surface area (Å²) < 4.78 is 47.6. The lowest BCUT2D eigenvalue weighted by Crippen LogP contribution is -2.06. The van der Waals surface area contributed by atoms with Crippen molar-refractivity contribution in [2.45, 2.75) is 19.2 Å². The average molecular weight is 371 g/mol. The van der Waals surface area contributed by atoms with Crippen molar-refractivity contribution in [3.05, 3.63) is 53.3 Å². The van der Waals surface area contributed by atoms with Crippen molar-refractivity contribution < 1.29 is 22.4 Å². The number of ether oxygens (including phenoxy) is 1. The minimum atomic E-state index is -4.74. The van der Waals surface area contributed by atoms with E-state index in [0.717, 1.165) is 5.56 Å². The highest BCUT2D eigenvalue weighted by Crippen LogP contribution is 2.36. The first-order valence-electron chi connectivity index (χ1n) is 6.98. The molecule has 25 heavy (non-hydrogen) atoms. The molecule has 6 nitrogen and oxygen atoms in total. The Morgan fingerprint density at radius 1 is 1.24 bits per heavy atom. The summed E-state index contributed by atoms with van der Waals surface area (Å²) in [5.74, 6) is -1.73. The summed E-state index contributed by atoms with van der Waals surface area (Å²) in [6, 6.07) is 4.93. The Kier molecular flexibility index (Phi) is 4.58. The van der Waals surface area contributed by atoms with Gasteiger partial charge in [0.25, 0.3) is 0 Å². The number of aromatic nitrogens is 4. The van der Waals surface area contributed by atoms with Gasteiger partial charge in [0.2, 0.25) is 11.7 Å². The van der Waals surface area contributed by atoms with Gasteiger partial charge in [-0.05, 0) is 19.1 Å². The minimum Gasteiger partial charge on any atom is -0.469 e. The monoisotopic (exact) mass is 370 g/mol. The van der Waals surface area contributed by atoms with E-state index in [4.69, 9.17) is 16.3 Å². The highest BCUT2D eigenvalue weighted by molar-refractivity contribution is 6.34. The molecule has 1 unspecified atom stereocenters. The van der Waals surface area contributed by atoms with Gasteiger partial charge in [-0.3, -0.25) is 4.98 Å². The molecule has 0 bridgehead atoms. The van der Waals surface area contributed by atoms with Crippen LogP contribution < -0.4 is 4.74 Å². The first kappa shape index (κ1) is 17.2. The molecule has 0 radical (unpaired) electrons. The lowest BCUT2D eigenvalue weighted by molar-refractivity contribution is -0.159. The molecule has 10 heteroatoms. The van der Waals surface area contributed by atoms with E-state index in [1.165, 1.54) is 12.3 Å². The smallest absolute Gasteiger partial charge is 0.469 e. The molecule has 0 saturated carbocycles. The van der Waals surface area contributed by atoms with Crippen LogP contribution in [0.2, 0.25) is 5.02 Å². The zero-order valence-electron chi connectivity index (χ0n) is 12.7. The molecular formula is C15H10ClF3N4O2. The van der Waals surface area contributed by atoms with E-state index in [1.807, 2.05) is 6.07 Å². The zero-order valence-corrected chi connectivity index (χ0v) is 13.4. The molecule has 130 valence electrons. The molecule has 3 aromatic heterocycles. The van der Waals surface area contributed by atoms with Gasteiger partial charge in [0, 0.05) is 29.7 Å². The Morgan fingerprint density at radius 3 is 2.68 bits per heavy atom. The Morgan fingerprint density at radius 2 is 2.04 bits per heavy atom. The molecule has 0 amide bonds. The number of pyridine rings is 2. The van der Waals surface area contributed by atoms with Gasteiger partial charge < -0.3 is 9.26 Å². The summed E-state index contributed by atoms with van der Waals surface area (Å²) in [6.07, 6.45) is -0.590. The largest absolute Gasteiger partial charge is 0.471 e. The standard InChI is InChI=1S/C15H10ClF3N4O2/c1-8(9-3-2-5-20-7-9)24-13-11(16)10(4-6-21-13)12-22-14(25-23-12)15(17,18)19/h2-8H,1H3. The second-order valence-corrected chi connectivity index (χ2v) is 5.32. The van der Waals surface area contributed by atoms with Gasteiger partial charge in [0.05, 0.1) is 0 Å². The lowest BCUT2D eigenvalue weighted by atomic mass is 10.2. The summed E-state index contributed by atoms with van der Waals surface area (Å²) >= 11 is 6.19. The lowest BCUT2D eigenvalue weighted by Gasteiger charge is -2.15. The maximum Gasteiger partial charge on any atom is 0.471 e. The molecule has 0 aliphatic carbocycles. The molecular weight excluding hydrogens is 361 g/mol. The van der Waals surface area contributed by atoms with Gasteiger partial charge in [-0.1, -0.05) is 22.8 Å². The SMILES string of the molecule is CC(Oc1nccc(-c2noc(C(F)(F)F)n2)c1Cl)c1cccnc1.